The number of nitrogens with zero attached hydrogens (tertiary/aromatic N) is 3. The minimum absolute atomic E-state index is 0.110. The average molecular weight is 372 g/mol. The minimum Gasteiger partial charge on any atom is -0.483 e. The van der Waals surface area contributed by atoms with Crippen LogP contribution in [0.2, 0.25) is 0 Å². The van der Waals surface area contributed by atoms with Crippen molar-refractivity contribution in [2.75, 3.05) is 0 Å². The molecule has 4 N–H and O–H groups in total. The van der Waals surface area contributed by atoms with Crippen molar-refractivity contribution in [2.45, 2.75) is 25.8 Å². The second kappa shape index (κ2) is 9.70. The molecular formula is C17H20N6O4. The number of aryl methyl sites for hydroxylation is 1. The summed E-state index contributed by atoms with van der Waals surface area (Å²) < 4.78 is 1.77. The smallest absolute Gasteiger partial charge is 0.340 e. The number of amides is 1. The largest absolute Gasteiger partial charge is 0.483 e. The SMILES string of the molecule is CC(NC(=O)CCc1n[nH]c(=O)[nH]1)c1ccccc1-n1cccn1.O=CO. The number of aromatic amines is 2. The summed E-state index contributed by atoms with van der Waals surface area (Å²) in [5, 5.41) is 20.2. The molecule has 3 rings (SSSR count). The van der Waals surface area contributed by atoms with Gasteiger partial charge in [-0.1, -0.05) is 18.2 Å². The predicted molar refractivity (Wildman–Crippen MR) is 96.3 cm³/mol. The molecule has 3 aromatic rings. The number of benzene rings is 1. The highest BCUT2D eigenvalue weighted by atomic mass is 16.3. The fraction of sp³-hybridized carbons (Fsp3) is 0.235. The molecule has 1 aromatic carbocycles. The molecule has 0 fully saturated rings. The number of hydrogen-bond acceptors (Lipinski definition) is 5. The Bertz CT molecular complexity index is 915. The topological polar surface area (TPSA) is 146 Å². The Morgan fingerprint density at radius 2 is 2.11 bits per heavy atom. The Hall–Kier alpha value is -3.69. The highest BCUT2D eigenvalue weighted by molar-refractivity contribution is 5.76. The molecule has 0 radical (unpaired) electrons. The van der Waals surface area contributed by atoms with Crippen LogP contribution in [0, 0.1) is 0 Å². The van der Waals surface area contributed by atoms with Crippen LogP contribution in [0.4, 0.5) is 0 Å². The Kier molecular flexibility index (Phi) is 7.06. The Morgan fingerprint density at radius 3 is 2.74 bits per heavy atom. The van der Waals surface area contributed by atoms with Gasteiger partial charge in [-0.3, -0.25) is 14.6 Å². The lowest BCUT2D eigenvalue weighted by atomic mass is 10.1. The van der Waals surface area contributed by atoms with Gasteiger partial charge >= 0.3 is 5.69 Å². The minimum atomic E-state index is -0.369. The molecule has 10 nitrogen and oxygen atoms in total. The summed E-state index contributed by atoms with van der Waals surface area (Å²) in [6, 6.07) is 9.47. The maximum atomic E-state index is 12.1. The highest BCUT2D eigenvalue weighted by Gasteiger charge is 2.14. The molecule has 1 atom stereocenters. The molecule has 1 amide bonds. The van der Waals surface area contributed by atoms with Gasteiger partial charge in [0.1, 0.15) is 5.82 Å². The zero-order valence-corrected chi connectivity index (χ0v) is 14.6. The van der Waals surface area contributed by atoms with E-state index in [1.807, 2.05) is 43.5 Å². The van der Waals surface area contributed by atoms with Gasteiger partial charge in [0.15, 0.2) is 0 Å². The van der Waals surface area contributed by atoms with Crippen LogP contribution in [-0.4, -0.2) is 42.4 Å². The van der Waals surface area contributed by atoms with E-state index >= 15 is 0 Å². The fourth-order valence-corrected chi connectivity index (χ4v) is 2.52. The molecule has 0 bridgehead atoms. The van der Waals surface area contributed by atoms with Gasteiger partial charge in [-0.25, -0.2) is 14.6 Å². The van der Waals surface area contributed by atoms with Crippen LogP contribution in [0.1, 0.15) is 30.8 Å². The lowest BCUT2D eigenvalue weighted by Crippen LogP contribution is -2.27. The normalized spacial score (nSPS) is 11.1. The molecular weight excluding hydrogens is 352 g/mol. The standard InChI is InChI=1S/C16H18N6O2.CH2O2/c1-11(18-15(23)8-7-14-19-16(24)21-20-14)12-5-2-3-6-13(12)22-10-4-9-17-22;2-1-3/h2-6,9-11H,7-8H2,1H3,(H,18,23)(H2,19,20,21,24);1H,(H,2,3). The van der Waals surface area contributed by atoms with E-state index < -0.39 is 0 Å². The molecule has 0 aliphatic rings. The van der Waals surface area contributed by atoms with Crippen molar-refractivity contribution in [2.24, 2.45) is 0 Å². The molecule has 2 heterocycles. The van der Waals surface area contributed by atoms with Crippen molar-refractivity contribution in [1.82, 2.24) is 30.3 Å². The van der Waals surface area contributed by atoms with E-state index in [-0.39, 0.29) is 30.5 Å². The third-order valence-corrected chi connectivity index (χ3v) is 3.67. The number of carboxylic acid groups (broad SMARTS) is 1. The molecule has 0 saturated heterocycles. The van der Waals surface area contributed by atoms with Crippen LogP contribution in [0.3, 0.4) is 0 Å². The van der Waals surface area contributed by atoms with E-state index in [4.69, 9.17) is 9.90 Å². The lowest BCUT2D eigenvalue weighted by Gasteiger charge is -2.18. The van der Waals surface area contributed by atoms with Crippen molar-refractivity contribution in [3.63, 3.8) is 0 Å². The first-order valence-corrected chi connectivity index (χ1v) is 8.15. The summed E-state index contributed by atoms with van der Waals surface area (Å²) >= 11 is 0. The Balaban J connectivity index is 0.000000817. The number of aromatic nitrogens is 5. The molecule has 0 aliphatic heterocycles. The van der Waals surface area contributed by atoms with Crippen molar-refractivity contribution >= 4 is 12.4 Å². The average Bonchev–Trinajstić information content (AvgIpc) is 3.32. The van der Waals surface area contributed by atoms with Crippen molar-refractivity contribution in [1.29, 1.82) is 0 Å². The molecule has 2 aromatic heterocycles. The van der Waals surface area contributed by atoms with E-state index in [1.54, 1.807) is 10.9 Å². The summed E-state index contributed by atoms with van der Waals surface area (Å²) in [6.07, 6.45) is 4.19. The maximum absolute atomic E-state index is 12.1. The highest BCUT2D eigenvalue weighted by Crippen LogP contribution is 2.21. The van der Waals surface area contributed by atoms with Gasteiger partial charge in [0.05, 0.1) is 11.7 Å². The summed E-state index contributed by atoms with van der Waals surface area (Å²) in [5.41, 5.74) is 1.53. The zero-order valence-electron chi connectivity index (χ0n) is 14.6. The van der Waals surface area contributed by atoms with E-state index in [0.29, 0.717) is 12.2 Å². The number of nitrogens with one attached hydrogen (secondary N) is 3. The zero-order chi connectivity index (χ0) is 19.6. The predicted octanol–water partition coefficient (Wildman–Crippen LogP) is 0.794. The number of H-pyrrole nitrogens is 2. The Labute approximate surface area is 154 Å². The summed E-state index contributed by atoms with van der Waals surface area (Å²) in [6.45, 7) is 1.68. The molecule has 0 spiro atoms. The van der Waals surface area contributed by atoms with Crippen molar-refractivity contribution in [3.8, 4) is 5.69 Å². The number of rotatable bonds is 6. The number of hydrogen-bond donors (Lipinski definition) is 4. The van der Waals surface area contributed by atoms with E-state index in [0.717, 1.165) is 11.3 Å². The first-order valence-electron chi connectivity index (χ1n) is 8.15. The van der Waals surface area contributed by atoms with Gasteiger partial charge in [0, 0.05) is 25.2 Å². The van der Waals surface area contributed by atoms with E-state index in [1.165, 1.54) is 0 Å². The number of carbonyl (C=O) groups excluding carboxylic acids is 1. The summed E-state index contributed by atoms with van der Waals surface area (Å²) in [5.74, 6) is 0.362. The Morgan fingerprint density at radius 1 is 1.37 bits per heavy atom. The molecule has 0 aliphatic carbocycles. The quantitative estimate of drug-likeness (QED) is 0.471. The summed E-state index contributed by atoms with van der Waals surface area (Å²) in [4.78, 5) is 34.0. The number of carbonyl (C=O) groups is 2. The second-order valence-corrected chi connectivity index (χ2v) is 5.53. The fourth-order valence-electron chi connectivity index (χ4n) is 2.52. The second-order valence-electron chi connectivity index (χ2n) is 5.53. The van der Waals surface area contributed by atoms with Gasteiger partial charge in [-0.05, 0) is 24.6 Å². The van der Waals surface area contributed by atoms with E-state index in [2.05, 4.69) is 25.6 Å². The maximum Gasteiger partial charge on any atom is 0.340 e. The van der Waals surface area contributed by atoms with Gasteiger partial charge in [-0.15, -0.1) is 0 Å². The van der Waals surface area contributed by atoms with Gasteiger partial charge in [0.2, 0.25) is 5.91 Å². The monoisotopic (exact) mass is 372 g/mol. The molecule has 142 valence electrons. The van der Waals surface area contributed by atoms with Crippen molar-refractivity contribution in [3.05, 3.63) is 64.6 Å². The first kappa shape index (κ1) is 19.6. The van der Waals surface area contributed by atoms with Gasteiger partial charge in [0.25, 0.3) is 6.47 Å². The third kappa shape index (κ3) is 5.66. The number of para-hydroxylation sites is 1. The third-order valence-electron chi connectivity index (χ3n) is 3.67. The van der Waals surface area contributed by atoms with E-state index in [9.17, 15) is 9.59 Å². The van der Waals surface area contributed by atoms with Crippen LogP contribution >= 0.6 is 0 Å². The lowest BCUT2D eigenvalue weighted by molar-refractivity contribution is -0.123. The molecule has 27 heavy (non-hydrogen) atoms. The molecule has 1 unspecified atom stereocenters. The van der Waals surface area contributed by atoms with Gasteiger partial charge in [-0.2, -0.15) is 10.2 Å². The van der Waals surface area contributed by atoms with Crippen molar-refractivity contribution < 1.29 is 14.7 Å². The van der Waals surface area contributed by atoms with Crippen LogP contribution < -0.4 is 11.0 Å². The molecule has 10 heteroatoms. The van der Waals surface area contributed by atoms with Crippen LogP contribution in [0.5, 0.6) is 0 Å². The summed E-state index contributed by atoms with van der Waals surface area (Å²) in [7, 11) is 0. The van der Waals surface area contributed by atoms with Crippen LogP contribution in [0.15, 0.2) is 47.5 Å². The first-order chi connectivity index (χ1) is 13.0. The molecule has 0 saturated carbocycles. The van der Waals surface area contributed by atoms with Crippen LogP contribution in [-0.2, 0) is 16.0 Å². The van der Waals surface area contributed by atoms with Gasteiger partial charge < -0.3 is 10.4 Å². The van der Waals surface area contributed by atoms with Crippen LogP contribution in [0.25, 0.3) is 5.69 Å².